The van der Waals surface area contributed by atoms with Crippen LogP contribution in [0.5, 0.6) is 10.1 Å². The highest BCUT2D eigenvalue weighted by Gasteiger charge is 2.17. The predicted molar refractivity (Wildman–Crippen MR) is 71.4 cm³/mol. The van der Waals surface area contributed by atoms with Crippen molar-refractivity contribution in [1.29, 1.82) is 0 Å². The van der Waals surface area contributed by atoms with Crippen molar-refractivity contribution in [1.82, 2.24) is 0 Å². The quantitative estimate of drug-likeness (QED) is 0.890. The predicted octanol–water partition coefficient (Wildman–Crippen LogP) is 2.78. The van der Waals surface area contributed by atoms with Gasteiger partial charge >= 0.3 is 0 Å². The molecule has 2 N–H and O–H groups in total. The van der Waals surface area contributed by atoms with Crippen molar-refractivity contribution in [3.8, 4) is 10.1 Å². The second-order valence-corrected chi connectivity index (χ2v) is 4.51. The Hall–Kier alpha value is -0.450. The Morgan fingerprint density at radius 3 is 2.25 bits per heavy atom. The summed E-state index contributed by atoms with van der Waals surface area (Å²) in [7, 11) is 3.37. The molecular weight excluding hydrogens is 246 g/mol. The average Bonchev–Trinajstić information content (AvgIpc) is 2.55. The van der Waals surface area contributed by atoms with Crippen molar-refractivity contribution < 1.29 is 9.47 Å². The summed E-state index contributed by atoms with van der Waals surface area (Å²) in [5.41, 5.74) is 8.30. The van der Waals surface area contributed by atoms with E-state index in [1.54, 1.807) is 14.2 Å². The molecule has 1 aromatic rings. The van der Waals surface area contributed by atoms with Crippen LogP contribution in [0.2, 0.25) is 0 Å². The minimum Gasteiger partial charge on any atom is -0.487 e. The second kappa shape index (κ2) is 6.99. The van der Waals surface area contributed by atoms with Gasteiger partial charge in [-0.1, -0.05) is 18.3 Å². The van der Waals surface area contributed by atoms with Crippen LogP contribution in [0, 0.1) is 6.92 Å². The first-order chi connectivity index (χ1) is 7.13. The number of rotatable bonds is 5. The SMILES string of the molecule is CCC(N)Cc1c(OC)sc(OC)c1C.Cl. The molecule has 0 fully saturated rings. The zero-order valence-electron chi connectivity index (χ0n) is 10.2. The summed E-state index contributed by atoms with van der Waals surface area (Å²) in [6.07, 6.45) is 1.83. The van der Waals surface area contributed by atoms with Crippen LogP contribution in [-0.2, 0) is 6.42 Å². The van der Waals surface area contributed by atoms with E-state index < -0.39 is 0 Å². The molecule has 0 aromatic carbocycles. The van der Waals surface area contributed by atoms with Crippen molar-refractivity contribution in [2.45, 2.75) is 32.7 Å². The zero-order valence-corrected chi connectivity index (χ0v) is 11.8. The summed E-state index contributed by atoms with van der Waals surface area (Å²) in [5.74, 6) is 0. The summed E-state index contributed by atoms with van der Waals surface area (Å²) in [5, 5.41) is 1.85. The summed E-state index contributed by atoms with van der Waals surface area (Å²) < 4.78 is 10.6. The molecule has 94 valence electrons. The monoisotopic (exact) mass is 265 g/mol. The van der Waals surface area contributed by atoms with E-state index in [0.717, 1.165) is 28.5 Å². The summed E-state index contributed by atoms with van der Waals surface area (Å²) in [6.45, 7) is 4.14. The molecule has 0 aliphatic carbocycles. The number of halogens is 1. The molecule has 0 radical (unpaired) electrons. The molecule has 3 nitrogen and oxygen atoms in total. The summed E-state index contributed by atoms with van der Waals surface area (Å²) in [6, 6.07) is 0.192. The Morgan fingerprint density at radius 2 is 1.81 bits per heavy atom. The Bertz CT molecular complexity index is 328. The van der Waals surface area contributed by atoms with Crippen LogP contribution in [0.25, 0.3) is 0 Å². The summed E-state index contributed by atoms with van der Waals surface area (Å²) in [4.78, 5) is 0. The van der Waals surface area contributed by atoms with Gasteiger partial charge in [-0.25, -0.2) is 0 Å². The van der Waals surface area contributed by atoms with Crippen LogP contribution in [0.4, 0.5) is 0 Å². The molecule has 0 bridgehead atoms. The van der Waals surface area contributed by atoms with Gasteiger partial charge in [0.25, 0.3) is 0 Å². The first kappa shape index (κ1) is 15.6. The fraction of sp³-hybridized carbons (Fsp3) is 0.636. The Balaban J connectivity index is 0.00000225. The van der Waals surface area contributed by atoms with Gasteiger partial charge in [-0.2, -0.15) is 0 Å². The van der Waals surface area contributed by atoms with Gasteiger partial charge in [0.1, 0.15) is 0 Å². The van der Waals surface area contributed by atoms with E-state index in [9.17, 15) is 0 Å². The number of methoxy groups -OCH3 is 2. The van der Waals surface area contributed by atoms with Gasteiger partial charge in [0.2, 0.25) is 0 Å². The highest BCUT2D eigenvalue weighted by Crippen LogP contribution is 2.40. The van der Waals surface area contributed by atoms with E-state index in [-0.39, 0.29) is 18.4 Å². The van der Waals surface area contributed by atoms with E-state index in [4.69, 9.17) is 15.2 Å². The number of hydrogen-bond donors (Lipinski definition) is 1. The Kier molecular flexibility index (Phi) is 6.79. The topological polar surface area (TPSA) is 44.5 Å². The second-order valence-electron chi connectivity index (χ2n) is 3.56. The molecule has 1 atom stereocenters. The maximum Gasteiger partial charge on any atom is 0.180 e. The Morgan fingerprint density at radius 1 is 1.25 bits per heavy atom. The van der Waals surface area contributed by atoms with Gasteiger partial charge < -0.3 is 15.2 Å². The average molecular weight is 266 g/mol. The highest BCUT2D eigenvalue weighted by atomic mass is 35.5. The molecule has 0 saturated carbocycles. The first-order valence-electron chi connectivity index (χ1n) is 5.09. The standard InChI is InChI=1S/C11H19NO2S.ClH/c1-5-8(12)6-9-7(2)10(13-3)15-11(9)14-4;/h8H,5-6,12H2,1-4H3;1H. The van der Waals surface area contributed by atoms with Gasteiger partial charge in [-0.3, -0.25) is 0 Å². The third-order valence-corrected chi connectivity index (χ3v) is 3.81. The maximum atomic E-state index is 5.96. The van der Waals surface area contributed by atoms with Gasteiger partial charge in [0.05, 0.1) is 14.2 Å². The summed E-state index contributed by atoms with van der Waals surface area (Å²) >= 11 is 1.54. The fourth-order valence-electron chi connectivity index (χ4n) is 1.50. The minimum atomic E-state index is 0. The lowest BCUT2D eigenvalue weighted by atomic mass is 10.0. The van der Waals surface area contributed by atoms with E-state index in [1.807, 2.05) is 0 Å². The maximum absolute atomic E-state index is 5.96. The van der Waals surface area contributed by atoms with Crippen LogP contribution >= 0.6 is 23.7 Å². The molecular formula is C11H20ClNO2S. The third kappa shape index (κ3) is 3.27. The molecule has 5 heteroatoms. The van der Waals surface area contributed by atoms with Crippen LogP contribution in [0.3, 0.4) is 0 Å². The molecule has 0 amide bonds. The van der Waals surface area contributed by atoms with Gasteiger partial charge in [-0.15, -0.1) is 12.4 Å². The van der Waals surface area contributed by atoms with Gasteiger partial charge in [0, 0.05) is 17.2 Å². The molecule has 0 aliphatic rings. The largest absolute Gasteiger partial charge is 0.487 e. The molecule has 1 rings (SSSR count). The number of thiophene rings is 1. The lowest BCUT2D eigenvalue weighted by Crippen LogP contribution is -2.21. The van der Waals surface area contributed by atoms with Crippen molar-refractivity contribution in [3.63, 3.8) is 0 Å². The van der Waals surface area contributed by atoms with Crippen LogP contribution in [0.1, 0.15) is 24.5 Å². The van der Waals surface area contributed by atoms with Crippen LogP contribution in [-0.4, -0.2) is 20.3 Å². The lowest BCUT2D eigenvalue weighted by Gasteiger charge is -2.09. The normalized spacial score (nSPS) is 11.8. The van der Waals surface area contributed by atoms with E-state index in [2.05, 4.69) is 13.8 Å². The van der Waals surface area contributed by atoms with E-state index >= 15 is 0 Å². The highest BCUT2D eigenvalue weighted by molar-refractivity contribution is 7.16. The molecule has 0 aliphatic heterocycles. The minimum absolute atomic E-state index is 0. The van der Waals surface area contributed by atoms with E-state index in [1.165, 1.54) is 16.9 Å². The van der Waals surface area contributed by atoms with Crippen molar-refractivity contribution >= 4 is 23.7 Å². The molecule has 16 heavy (non-hydrogen) atoms. The van der Waals surface area contributed by atoms with Crippen molar-refractivity contribution in [3.05, 3.63) is 11.1 Å². The van der Waals surface area contributed by atoms with Crippen LogP contribution < -0.4 is 15.2 Å². The number of hydrogen-bond acceptors (Lipinski definition) is 4. The van der Waals surface area contributed by atoms with Gasteiger partial charge in [-0.05, 0) is 19.8 Å². The number of nitrogens with two attached hydrogens (primary N) is 1. The lowest BCUT2D eigenvalue weighted by molar-refractivity contribution is 0.420. The molecule has 1 unspecified atom stereocenters. The Labute approximate surface area is 107 Å². The van der Waals surface area contributed by atoms with Gasteiger partial charge in [0.15, 0.2) is 10.1 Å². The van der Waals surface area contributed by atoms with Crippen molar-refractivity contribution in [2.75, 3.05) is 14.2 Å². The molecule has 1 heterocycles. The molecule has 1 aromatic heterocycles. The first-order valence-corrected chi connectivity index (χ1v) is 5.91. The molecule has 0 spiro atoms. The molecule has 0 saturated heterocycles. The van der Waals surface area contributed by atoms with Crippen molar-refractivity contribution in [2.24, 2.45) is 5.73 Å². The fourth-order valence-corrected chi connectivity index (χ4v) is 2.47. The zero-order chi connectivity index (χ0) is 11.4. The van der Waals surface area contributed by atoms with E-state index in [0.29, 0.717) is 0 Å². The third-order valence-electron chi connectivity index (χ3n) is 2.55. The van der Waals surface area contributed by atoms with Crippen LogP contribution in [0.15, 0.2) is 0 Å². The smallest absolute Gasteiger partial charge is 0.180 e. The number of ether oxygens (including phenoxy) is 2.